The number of nitrogens with one attached hydrogen (secondary N) is 1. The molecule has 0 radical (unpaired) electrons. The molecule has 13 heteroatoms. The summed E-state index contributed by atoms with van der Waals surface area (Å²) in [4.78, 5) is 25.0. The zero-order valence-electron chi connectivity index (χ0n) is 25.4. The van der Waals surface area contributed by atoms with Crippen LogP contribution in [0, 0.1) is 24.4 Å². The van der Waals surface area contributed by atoms with Crippen LogP contribution >= 0.6 is 0 Å². The Balaban J connectivity index is 1.45. The Morgan fingerprint density at radius 2 is 1.93 bits per heavy atom. The molecule has 0 saturated carbocycles. The number of aromatic hydroxyl groups is 1. The standard InChI is InChI=1S/C33H33F4N5O4/c1-17-22(35)5-4-18-12-20(43)13-21(24(17)18)25-27(36)29-26(30(45-2)28(25)37)31(41-10-6-23(44)38-8-11-41)40-32(39-29)46-16-33-7-3-9-42(33)15-19(34)14-33/h4-5,12-13,19,43H,3,6-11,14-16H2,1-2H3,(H,38,44)/t19-,33+/m1/s1. The average Bonchev–Trinajstić information content (AvgIpc) is 3.46. The van der Waals surface area contributed by atoms with Crippen LogP contribution in [0.1, 0.15) is 31.2 Å². The second-order valence-electron chi connectivity index (χ2n) is 12.3. The number of hydrogen-bond donors (Lipinski definition) is 2. The molecule has 1 amide bonds. The Hall–Kier alpha value is -4.39. The zero-order chi connectivity index (χ0) is 32.3. The van der Waals surface area contributed by atoms with Gasteiger partial charge in [-0.05, 0) is 66.4 Å². The van der Waals surface area contributed by atoms with Crippen molar-refractivity contribution in [1.29, 1.82) is 0 Å². The number of benzene rings is 3. The summed E-state index contributed by atoms with van der Waals surface area (Å²) in [5.74, 6) is -3.47. The lowest BCUT2D eigenvalue weighted by molar-refractivity contribution is -0.120. The highest BCUT2D eigenvalue weighted by molar-refractivity contribution is 6.05. The Kier molecular flexibility index (Phi) is 7.53. The van der Waals surface area contributed by atoms with E-state index >= 15 is 8.78 Å². The monoisotopic (exact) mass is 639 g/mol. The molecule has 3 aliphatic heterocycles. The highest BCUT2D eigenvalue weighted by atomic mass is 19.1. The third-order valence-electron chi connectivity index (χ3n) is 9.56. The van der Waals surface area contributed by atoms with Crippen LogP contribution in [0.5, 0.6) is 17.5 Å². The van der Waals surface area contributed by atoms with E-state index in [1.807, 2.05) is 0 Å². The van der Waals surface area contributed by atoms with E-state index < -0.39 is 34.7 Å². The topological polar surface area (TPSA) is 100 Å². The van der Waals surface area contributed by atoms with Gasteiger partial charge in [0.05, 0.1) is 23.6 Å². The van der Waals surface area contributed by atoms with Crippen LogP contribution < -0.4 is 19.7 Å². The molecule has 1 aromatic heterocycles. The molecule has 9 nitrogen and oxygen atoms in total. The fourth-order valence-electron chi connectivity index (χ4n) is 7.39. The van der Waals surface area contributed by atoms with Crippen LogP contribution in [0.3, 0.4) is 0 Å². The number of rotatable bonds is 6. The van der Waals surface area contributed by atoms with Gasteiger partial charge >= 0.3 is 6.01 Å². The molecule has 0 unspecified atom stereocenters. The highest BCUT2D eigenvalue weighted by Gasteiger charge is 2.49. The van der Waals surface area contributed by atoms with Gasteiger partial charge < -0.3 is 24.8 Å². The van der Waals surface area contributed by atoms with Crippen LogP contribution in [0.2, 0.25) is 0 Å². The molecule has 242 valence electrons. The Bertz CT molecular complexity index is 1890. The SMILES string of the molecule is COc1c(F)c(-c2cc(O)cc3ccc(F)c(C)c23)c(F)c2nc(OC[C@@]34CCCN3C[C@H](F)C4)nc(N3CCNC(=O)CC3)c12. The smallest absolute Gasteiger partial charge is 0.319 e. The summed E-state index contributed by atoms with van der Waals surface area (Å²) in [7, 11) is 1.23. The molecular formula is C33H33F4N5O4. The third-order valence-corrected chi connectivity index (χ3v) is 9.56. The average molecular weight is 640 g/mol. The largest absolute Gasteiger partial charge is 0.508 e. The summed E-state index contributed by atoms with van der Waals surface area (Å²) in [6, 6.07) is 5.01. The molecule has 3 aromatic carbocycles. The lowest BCUT2D eigenvalue weighted by Crippen LogP contribution is -2.43. The number of halogens is 4. The van der Waals surface area contributed by atoms with Gasteiger partial charge in [-0.25, -0.2) is 17.6 Å². The van der Waals surface area contributed by atoms with Gasteiger partial charge in [0.2, 0.25) is 5.91 Å². The van der Waals surface area contributed by atoms with Gasteiger partial charge in [-0.2, -0.15) is 9.97 Å². The predicted octanol–water partition coefficient (Wildman–Crippen LogP) is 5.17. The van der Waals surface area contributed by atoms with Gasteiger partial charge in [0.1, 0.15) is 35.7 Å². The molecule has 3 aliphatic rings. The number of carbonyl (C=O) groups is 1. The van der Waals surface area contributed by atoms with E-state index in [1.54, 1.807) is 4.90 Å². The first-order chi connectivity index (χ1) is 22.1. The zero-order valence-corrected chi connectivity index (χ0v) is 25.4. The van der Waals surface area contributed by atoms with Gasteiger partial charge in [0.15, 0.2) is 17.4 Å². The molecule has 0 bridgehead atoms. The van der Waals surface area contributed by atoms with Gasteiger partial charge in [0.25, 0.3) is 0 Å². The number of hydrogen-bond acceptors (Lipinski definition) is 8. The summed E-state index contributed by atoms with van der Waals surface area (Å²) in [5, 5.41) is 13.8. The summed E-state index contributed by atoms with van der Waals surface area (Å²) in [6.45, 7) is 3.36. The minimum absolute atomic E-state index is 0.0688. The van der Waals surface area contributed by atoms with Gasteiger partial charge in [-0.3, -0.25) is 9.69 Å². The number of aromatic nitrogens is 2. The van der Waals surface area contributed by atoms with Crippen LogP contribution in [0.25, 0.3) is 32.8 Å². The quantitative estimate of drug-likeness (QED) is 0.279. The number of phenols is 1. The predicted molar refractivity (Wildman–Crippen MR) is 164 cm³/mol. The van der Waals surface area contributed by atoms with Gasteiger partial charge in [-0.15, -0.1) is 0 Å². The maximum Gasteiger partial charge on any atom is 0.319 e. The number of ether oxygens (including phenoxy) is 2. The van der Waals surface area contributed by atoms with E-state index in [1.165, 1.54) is 38.3 Å². The summed E-state index contributed by atoms with van der Waals surface area (Å²) >= 11 is 0. The normalized spacial score (nSPS) is 21.9. The molecule has 3 saturated heterocycles. The Labute approximate surface area is 262 Å². The number of carbonyl (C=O) groups excluding carboxylic acids is 1. The summed E-state index contributed by atoms with van der Waals surface area (Å²) < 4.78 is 74.5. The van der Waals surface area contributed by atoms with Crippen LogP contribution in [0.15, 0.2) is 24.3 Å². The maximum absolute atomic E-state index is 16.9. The lowest BCUT2D eigenvalue weighted by Gasteiger charge is -2.31. The molecule has 7 rings (SSSR count). The van der Waals surface area contributed by atoms with Crippen molar-refractivity contribution in [1.82, 2.24) is 20.2 Å². The molecule has 0 aliphatic carbocycles. The van der Waals surface area contributed by atoms with Gasteiger partial charge in [0, 0.05) is 39.0 Å². The van der Waals surface area contributed by atoms with Crippen molar-refractivity contribution in [2.75, 3.05) is 51.3 Å². The van der Waals surface area contributed by atoms with E-state index in [4.69, 9.17) is 9.47 Å². The van der Waals surface area contributed by atoms with E-state index in [2.05, 4.69) is 20.2 Å². The minimum Gasteiger partial charge on any atom is -0.508 e. The second kappa shape index (κ2) is 11.4. The number of phenolic OH excluding ortho intramolecular Hbond substituents is 1. The van der Waals surface area contributed by atoms with E-state index in [-0.39, 0.29) is 89.3 Å². The van der Waals surface area contributed by atoms with Crippen molar-refractivity contribution < 1.29 is 36.9 Å². The fraction of sp³-hybridized carbons (Fsp3) is 0.424. The molecule has 2 atom stereocenters. The lowest BCUT2D eigenvalue weighted by atomic mass is 9.92. The van der Waals surface area contributed by atoms with Crippen molar-refractivity contribution in [3.63, 3.8) is 0 Å². The van der Waals surface area contributed by atoms with E-state index in [9.17, 15) is 18.7 Å². The molecular weight excluding hydrogens is 606 g/mol. The minimum atomic E-state index is -1.09. The van der Waals surface area contributed by atoms with Crippen LogP contribution in [0.4, 0.5) is 23.4 Å². The number of amides is 1. The number of fused-ring (bicyclic) bond motifs is 3. The van der Waals surface area contributed by atoms with Crippen molar-refractivity contribution in [3.05, 3.63) is 47.3 Å². The number of alkyl halides is 1. The van der Waals surface area contributed by atoms with Gasteiger partial charge in [-0.1, -0.05) is 6.07 Å². The van der Waals surface area contributed by atoms with E-state index in [0.29, 0.717) is 18.4 Å². The number of nitrogens with zero attached hydrogens (tertiary/aromatic N) is 4. The van der Waals surface area contributed by atoms with Crippen molar-refractivity contribution in [3.8, 4) is 28.6 Å². The fourth-order valence-corrected chi connectivity index (χ4v) is 7.39. The number of aryl methyl sites for hydroxylation is 1. The third kappa shape index (κ3) is 4.91. The number of anilines is 1. The van der Waals surface area contributed by atoms with Crippen molar-refractivity contribution in [2.45, 2.75) is 44.3 Å². The molecule has 2 N–H and O–H groups in total. The molecule has 0 spiro atoms. The first-order valence-electron chi connectivity index (χ1n) is 15.3. The molecule has 4 aromatic rings. The summed E-state index contributed by atoms with van der Waals surface area (Å²) in [5.41, 5.74) is -1.38. The van der Waals surface area contributed by atoms with Crippen molar-refractivity contribution >= 4 is 33.4 Å². The first-order valence-corrected chi connectivity index (χ1v) is 15.3. The van der Waals surface area contributed by atoms with Crippen molar-refractivity contribution in [2.24, 2.45) is 0 Å². The molecule has 46 heavy (non-hydrogen) atoms. The highest BCUT2D eigenvalue weighted by Crippen LogP contribution is 2.46. The second-order valence-corrected chi connectivity index (χ2v) is 12.3. The Morgan fingerprint density at radius 3 is 2.74 bits per heavy atom. The number of methoxy groups -OCH3 is 1. The van der Waals surface area contributed by atoms with Crippen LogP contribution in [-0.4, -0.2) is 84.0 Å². The molecule has 3 fully saturated rings. The molecule has 4 heterocycles. The van der Waals surface area contributed by atoms with E-state index in [0.717, 1.165) is 19.4 Å². The first kappa shape index (κ1) is 30.3. The Morgan fingerprint density at radius 1 is 1.11 bits per heavy atom. The summed E-state index contributed by atoms with van der Waals surface area (Å²) in [6.07, 6.45) is 1.04. The maximum atomic E-state index is 16.9. The van der Waals surface area contributed by atoms with Crippen LogP contribution in [-0.2, 0) is 4.79 Å².